The SMILES string of the molecule is c1ccc(-c2nc(-c3ccc4cc(-c5ccc6ccc7cccc8ccc5c6c78)ccc4c3)nc(-c3ccc(-c4ccccc4)c4ccccc34)n2)cc1. The number of benzene rings is 10. The van der Waals surface area contributed by atoms with Crippen molar-refractivity contribution in [2.75, 3.05) is 0 Å². The van der Waals surface area contributed by atoms with Gasteiger partial charge < -0.3 is 0 Å². The molecule has 0 bridgehead atoms. The summed E-state index contributed by atoms with van der Waals surface area (Å²) in [6, 6.07) is 67.0. The molecule has 0 spiro atoms. The molecule has 250 valence electrons. The Balaban J connectivity index is 1.04. The van der Waals surface area contributed by atoms with E-state index in [0.29, 0.717) is 17.5 Å². The maximum Gasteiger partial charge on any atom is 0.164 e. The average molecular weight is 686 g/mol. The molecule has 3 nitrogen and oxygen atoms in total. The highest BCUT2D eigenvalue weighted by Gasteiger charge is 2.17. The molecule has 0 saturated carbocycles. The van der Waals surface area contributed by atoms with Gasteiger partial charge in [-0.2, -0.15) is 0 Å². The molecule has 0 aliphatic carbocycles. The molecule has 0 fully saturated rings. The smallest absolute Gasteiger partial charge is 0.164 e. The lowest BCUT2D eigenvalue weighted by molar-refractivity contribution is 1.08. The Morgan fingerprint density at radius 2 is 0.722 bits per heavy atom. The van der Waals surface area contributed by atoms with Gasteiger partial charge in [0, 0.05) is 16.7 Å². The standard InChI is InChI=1S/C51H31N3/c1-3-10-32(11-4-1)41-28-29-46(44-17-8-7-16-43(41)44)51-53-49(36-12-5-2-6-13-36)52-50(54-51)40-23-21-37-30-39(22-20-38(37)31-40)42-26-24-35-19-18-33-14-9-15-34-25-27-45(42)48(35)47(33)34/h1-31H. The van der Waals surface area contributed by atoms with Gasteiger partial charge in [0.15, 0.2) is 17.5 Å². The van der Waals surface area contributed by atoms with Gasteiger partial charge in [-0.3, -0.25) is 0 Å². The van der Waals surface area contributed by atoms with Gasteiger partial charge in [0.05, 0.1) is 0 Å². The zero-order valence-corrected chi connectivity index (χ0v) is 29.2. The average Bonchev–Trinajstić information content (AvgIpc) is 3.25. The summed E-state index contributed by atoms with van der Waals surface area (Å²) in [5.74, 6) is 1.95. The summed E-state index contributed by atoms with van der Waals surface area (Å²) in [5.41, 5.74) is 7.68. The van der Waals surface area contributed by atoms with Crippen molar-refractivity contribution in [2.24, 2.45) is 0 Å². The lowest BCUT2D eigenvalue weighted by Gasteiger charge is -2.15. The van der Waals surface area contributed by atoms with Gasteiger partial charge in [-0.25, -0.2) is 15.0 Å². The third-order valence-corrected chi connectivity index (χ3v) is 10.9. The molecule has 0 amide bonds. The molecule has 0 aliphatic rings. The number of hydrogen-bond donors (Lipinski definition) is 0. The Kier molecular flexibility index (Phi) is 6.86. The topological polar surface area (TPSA) is 38.7 Å². The van der Waals surface area contributed by atoms with Crippen molar-refractivity contribution in [1.29, 1.82) is 0 Å². The van der Waals surface area contributed by atoms with Crippen molar-refractivity contribution in [2.45, 2.75) is 0 Å². The summed E-state index contributed by atoms with van der Waals surface area (Å²) in [5, 5.41) is 12.4. The van der Waals surface area contributed by atoms with E-state index in [9.17, 15) is 0 Å². The van der Waals surface area contributed by atoms with Crippen LogP contribution in [0.3, 0.4) is 0 Å². The van der Waals surface area contributed by atoms with E-state index in [2.05, 4.69) is 170 Å². The number of fused-ring (bicyclic) bond motifs is 2. The highest BCUT2D eigenvalue weighted by atomic mass is 15.0. The summed E-state index contributed by atoms with van der Waals surface area (Å²) >= 11 is 0. The van der Waals surface area contributed by atoms with Crippen LogP contribution in [0.5, 0.6) is 0 Å². The lowest BCUT2D eigenvalue weighted by atomic mass is 9.89. The third kappa shape index (κ3) is 4.94. The van der Waals surface area contributed by atoms with Crippen LogP contribution >= 0.6 is 0 Å². The summed E-state index contributed by atoms with van der Waals surface area (Å²) < 4.78 is 0. The van der Waals surface area contributed by atoms with Crippen molar-refractivity contribution >= 4 is 53.9 Å². The second kappa shape index (κ2) is 12.2. The first-order valence-corrected chi connectivity index (χ1v) is 18.4. The molecule has 10 aromatic carbocycles. The first-order chi connectivity index (χ1) is 26.7. The Morgan fingerprint density at radius 1 is 0.241 bits per heavy atom. The molecule has 0 aliphatic heterocycles. The van der Waals surface area contributed by atoms with Crippen molar-refractivity contribution < 1.29 is 0 Å². The van der Waals surface area contributed by atoms with E-state index in [1.54, 1.807) is 0 Å². The van der Waals surface area contributed by atoms with Crippen LogP contribution in [0.4, 0.5) is 0 Å². The fourth-order valence-corrected chi connectivity index (χ4v) is 8.24. The van der Waals surface area contributed by atoms with Crippen molar-refractivity contribution in [3.05, 3.63) is 188 Å². The first kappa shape index (κ1) is 30.4. The molecule has 11 aromatic rings. The van der Waals surface area contributed by atoms with Gasteiger partial charge in [-0.1, -0.05) is 170 Å². The highest BCUT2D eigenvalue weighted by molar-refractivity contribution is 6.25. The molecule has 3 heteroatoms. The first-order valence-electron chi connectivity index (χ1n) is 18.4. The fraction of sp³-hybridized carbons (Fsp3) is 0. The van der Waals surface area contributed by atoms with Crippen molar-refractivity contribution in [3.8, 4) is 56.4 Å². The molecule has 0 N–H and O–H groups in total. The van der Waals surface area contributed by atoms with Crippen LogP contribution in [0.2, 0.25) is 0 Å². The van der Waals surface area contributed by atoms with E-state index in [1.807, 2.05) is 18.2 Å². The highest BCUT2D eigenvalue weighted by Crippen LogP contribution is 2.40. The molecule has 54 heavy (non-hydrogen) atoms. The minimum Gasteiger partial charge on any atom is -0.208 e. The minimum absolute atomic E-state index is 0.646. The molecule has 11 rings (SSSR count). The molecular formula is C51H31N3. The molecule has 1 aromatic heterocycles. The monoisotopic (exact) mass is 685 g/mol. The number of nitrogens with zero attached hydrogens (tertiary/aromatic N) is 3. The maximum atomic E-state index is 5.18. The quantitative estimate of drug-likeness (QED) is 0.169. The van der Waals surface area contributed by atoms with Gasteiger partial charge in [0.2, 0.25) is 0 Å². The van der Waals surface area contributed by atoms with Crippen molar-refractivity contribution in [1.82, 2.24) is 15.0 Å². The van der Waals surface area contributed by atoms with E-state index < -0.39 is 0 Å². The molecule has 0 saturated heterocycles. The summed E-state index contributed by atoms with van der Waals surface area (Å²) in [6.07, 6.45) is 0. The second-order valence-electron chi connectivity index (χ2n) is 14.0. The molecule has 0 unspecified atom stereocenters. The number of rotatable bonds is 5. The maximum absolute atomic E-state index is 5.18. The summed E-state index contributed by atoms with van der Waals surface area (Å²) in [4.78, 5) is 15.3. The Hall–Kier alpha value is -7.23. The van der Waals surface area contributed by atoms with Crippen LogP contribution in [0, 0.1) is 0 Å². The van der Waals surface area contributed by atoms with Crippen LogP contribution in [0.15, 0.2) is 188 Å². The van der Waals surface area contributed by atoms with Crippen LogP contribution < -0.4 is 0 Å². The fourth-order valence-electron chi connectivity index (χ4n) is 8.24. The second-order valence-corrected chi connectivity index (χ2v) is 14.0. The zero-order valence-electron chi connectivity index (χ0n) is 29.2. The van der Waals surface area contributed by atoms with Crippen LogP contribution in [0.25, 0.3) is 110 Å². The molecule has 1 heterocycles. The predicted octanol–water partition coefficient (Wildman–Crippen LogP) is 13.4. The summed E-state index contributed by atoms with van der Waals surface area (Å²) in [7, 11) is 0. The van der Waals surface area contributed by atoms with E-state index in [4.69, 9.17) is 15.0 Å². The van der Waals surface area contributed by atoms with E-state index in [1.165, 1.54) is 60.0 Å². The van der Waals surface area contributed by atoms with Crippen LogP contribution in [-0.2, 0) is 0 Å². The summed E-state index contributed by atoms with van der Waals surface area (Å²) in [6.45, 7) is 0. The van der Waals surface area contributed by atoms with Crippen LogP contribution in [-0.4, -0.2) is 15.0 Å². The number of hydrogen-bond acceptors (Lipinski definition) is 3. The van der Waals surface area contributed by atoms with Crippen molar-refractivity contribution in [3.63, 3.8) is 0 Å². The van der Waals surface area contributed by atoms with Gasteiger partial charge >= 0.3 is 0 Å². The normalized spacial score (nSPS) is 11.7. The van der Waals surface area contributed by atoms with Gasteiger partial charge in [0.25, 0.3) is 0 Å². The van der Waals surface area contributed by atoms with E-state index in [-0.39, 0.29) is 0 Å². The molecule has 0 radical (unpaired) electrons. The lowest BCUT2D eigenvalue weighted by Crippen LogP contribution is -2.00. The Morgan fingerprint density at radius 3 is 1.46 bits per heavy atom. The third-order valence-electron chi connectivity index (χ3n) is 10.9. The van der Waals surface area contributed by atoms with Gasteiger partial charge in [0.1, 0.15) is 0 Å². The minimum atomic E-state index is 0.646. The Labute approximate surface area is 312 Å². The Bertz CT molecular complexity index is 3190. The zero-order chi connectivity index (χ0) is 35.6. The molecule has 0 atom stereocenters. The predicted molar refractivity (Wildman–Crippen MR) is 226 cm³/mol. The molecular weight excluding hydrogens is 655 g/mol. The number of aromatic nitrogens is 3. The van der Waals surface area contributed by atoms with E-state index in [0.717, 1.165) is 32.8 Å². The van der Waals surface area contributed by atoms with E-state index >= 15 is 0 Å². The largest absolute Gasteiger partial charge is 0.208 e. The van der Waals surface area contributed by atoms with Gasteiger partial charge in [-0.15, -0.1) is 0 Å². The van der Waals surface area contributed by atoms with Crippen LogP contribution in [0.1, 0.15) is 0 Å². The van der Waals surface area contributed by atoms with Gasteiger partial charge in [-0.05, 0) is 94.3 Å².